The molecule has 3 aromatic rings. The number of aromatic nitrogens is 2. The number of esters is 1. The number of rotatable bonds is 10. The van der Waals surface area contributed by atoms with Gasteiger partial charge < -0.3 is 19.8 Å². The van der Waals surface area contributed by atoms with E-state index in [9.17, 15) is 22.8 Å². The monoisotopic (exact) mass is 504 g/mol. The maximum Gasteiger partial charge on any atom is 0.470 e. The van der Waals surface area contributed by atoms with Gasteiger partial charge in [-0.05, 0) is 54.8 Å². The Hall–Kier alpha value is -3.89. The van der Waals surface area contributed by atoms with Crippen molar-refractivity contribution in [1.29, 1.82) is 0 Å². The van der Waals surface area contributed by atoms with Gasteiger partial charge in [0.1, 0.15) is 0 Å². The zero-order valence-electron chi connectivity index (χ0n) is 20.1. The largest absolute Gasteiger partial charge is 0.470 e. The summed E-state index contributed by atoms with van der Waals surface area (Å²) in [5, 5.41) is 12.6. The highest BCUT2D eigenvalue weighted by Crippen LogP contribution is 2.32. The average Bonchev–Trinajstić information content (AvgIpc) is 3.34. The van der Waals surface area contributed by atoms with E-state index in [1.54, 1.807) is 55.5 Å². The average molecular weight is 505 g/mol. The normalized spacial score (nSPS) is 12.3. The van der Waals surface area contributed by atoms with Crippen LogP contribution in [0.5, 0.6) is 0 Å². The maximum atomic E-state index is 12.7. The van der Waals surface area contributed by atoms with Gasteiger partial charge in [0.25, 0.3) is 5.91 Å². The van der Waals surface area contributed by atoms with Crippen LogP contribution in [0.2, 0.25) is 0 Å². The maximum absolute atomic E-state index is 12.7. The summed E-state index contributed by atoms with van der Waals surface area (Å²) in [6, 6.07) is 13.6. The molecule has 0 spiro atoms. The molecule has 0 bridgehead atoms. The Bertz CT molecular complexity index is 1160. The highest BCUT2D eigenvalue weighted by molar-refractivity contribution is 5.94. The van der Waals surface area contributed by atoms with Gasteiger partial charge in [-0.25, -0.2) is 0 Å². The number of ether oxygens (including phenoxy) is 1. The molecule has 0 aliphatic heterocycles. The molecule has 1 heterocycles. The molecule has 0 fully saturated rings. The molecule has 1 aromatic heterocycles. The Labute approximate surface area is 206 Å². The minimum absolute atomic E-state index is 0.101. The molecule has 1 amide bonds. The molecule has 2 N–H and O–H groups in total. The molecule has 192 valence electrons. The van der Waals surface area contributed by atoms with Crippen molar-refractivity contribution in [2.75, 3.05) is 18.5 Å². The summed E-state index contributed by atoms with van der Waals surface area (Å²) in [6.07, 6.45) is -4.60. The minimum Gasteiger partial charge on any atom is -0.466 e. The van der Waals surface area contributed by atoms with Crippen LogP contribution >= 0.6 is 0 Å². The lowest BCUT2D eigenvalue weighted by molar-refractivity contribution is -0.157. The van der Waals surface area contributed by atoms with Gasteiger partial charge >= 0.3 is 18.0 Å². The summed E-state index contributed by atoms with van der Waals surface area (Å²) >= 11 is 0. The molecule has 0 aliphatic rings. The van der Waals surface area contributed by atoms with Crippen molar-refractivity contribution >= 4 is 17.6 Å². The van der Waals surface area contributed by atoms with Crippen molar-refractivity contribution in [2.24, 2.45) is 5.92 Å². The number of hydrogen-bond donors (Lipinski definition) is 2. The minimum atomic E-state index is -4.70. The first-order valence-corrected chi connectivity index (χ1v) is 11.4. The zero-order chi connectivity index (χ0) is 26.3. The summed E-state index contributed by atoms with van der Waals surface area (Å²) < 4.78 is 47.7. The highest BCUT2D eigenvalue weighted by Gasteiger charge is 2.38. The number of nitrogens with zero attached hydrogens (tertiary/aromatic N) is 2. The van der Waals surface area contributed by atoms with E-state index in [2.05, 4.69) is 20.8 Å². The molecule has 3 rings (SSSR count). The Morgan fingerprint density at radius 1 is 1.03 bits per heavy atom. The van der Waals surface area contributed by atoms with Crippen LogP contribution in [-0.4, -0.2) is 35.2 Å². The smallest absolute Gasteiger partial charge is 0.466 e. The Balaban J connectivity index is 1.64. The van der Waals surface area contributed by atoms with Crippen molar-refractivity contribution in [3.05, 3.63) is 65.5 Å². The van der Waals surface area contributed by atoms with E-state index >= 15 is 0 Å². The standard InChI is InChI=1S/C25H27F3N4O4/c1-4-35-20(33)13-14-29-22(34)17-9-11-19(12-10-17)30-21(15(2)3)16-5-7-18(8-6-16)23-31-32-24(36-23)25(26,27)28/h5-12,15,21,30H,4,13-14H2,1-3H3,(H,29,34)/t21-/m1/s1. The first kappa shape index (κ1) is 26.7. The summed E-state index contributed by atoms with van der Waals surface area (Å²) in [5.74, 6) is -2.09. The lowest BCUT2D eigenvalue weighted by Crippen LogP contribution is -2.26. The third-order valence-electron chi connectivity index (χ3n) is 5.24. The Morgan fingerprint density at radius 3 is 2.25 bits per heavy atom. The molecule has 0 unspecified atom stereocenters. The van der Waals surface area contributed by atoms with Crippen LogP contribution in [0, 0.1) is 5.92 Å². The first-order valence-electron chi connectivity index (χ1n) is 11.4. The van der Waals surface area contributed by atoms with Crippen molar-refractivity contribution in [1.82, 2.24) is 15.5 Å². The molecule has 0 radical (unpaired) electrons. The lowest BCUT2D eigenvalue weighted by Gasteiger charge is -2.24. The van der Waals surface area contributed by atoms with Crippen molar-refractivity contribution in [3.8, 4) is 11.5 Å². The number of nitrogens with one attached hydrogen (secondary N) is 2. The van der Waals surface area contributed by atoms with Crippen molar-refractivity contribution in [3.63, 3.8) is 0 Å². The molecule has 0 aliphatic carbocycles. The predicted octanol–water partition coefficient (Wildman–Crippen LogP) is 5.25. The number of amides is 1. The highest BCUT2D eigenvalue weighted by atomic mass is 19.4. The Morgan fingerprint density at radius 2 is 1.69 bits per heavy atom. The van der Waals surface area contributed by atoms with Crippen LogP contribution in [0.15, 0.2) is 52.9 Å². The van der Waals surface area contributed by atoms with E-state index in [1.165, 1.54) is 0 Å². The third kappa shape index (κ3) is 7.06. The fraction of sp³-hybridized carbons (Fsp3) is 0.360. The summed E-state index contributed by atoms with van der Waals surface area (Å²) in [6.45, 7) is 6.26. The molecule has 0 saturated carbocycles. The fourth-order valence-corrected chi connectivity index (χ4v) is 3.43. The van der Waals surface area contributed by atoms with Crippen LogP contribution in [0.1, 0.15) is 55.0 Å². The van der Waals surface area contributed by atoms with Gasteiger partial charge in [-0.1, -0.05) is 26.0 Å². The number of alkyl halides is 3. The van der Waals surface area contributed by atoms with Gasteiger partial charge in [0.15, 0.2) is 0 Å². The summed E-state index contributed by atoms with van der Waals surface area (Å²) in [4.78, 5) is 23.7. The van der Waals surface area contributed by atoms with E-state index in [1.807, 2.05) is 13.8 Å². The molecular weight excluding hydrogens is 477 g/mol. The second-order valence-corrected chi connectivity index (χ2v) is 8.29. The number of hydrogen-bond acceptors (Lipinski definition) is 7. The predicted molar refractivity (Wildman–Crippen MR) is 126 cm³/mol. The van der Waals surface area contributed by atoms with Crippen LogP contribution < -0.4 is 10.6 Å². The SMILES string of the molecule is CCOC(=O)CCNC(=O)c1ccc(N[C@@H](c2ccc(-c3nnc(C(F)(F)F)o3)cc2)C(C)C)cc1. The number of halogens is 3. The van der Waals surface area contributed by atoms with Gasteiger partial charge in [-0.15, -0.1) is 10.2 Å². The summed E-state index contributed by atoms with van der Waals surface area (Å²) in [7, 11) is 0. The number of benzene rings is 2. The van der Waals surface area contributed by atoms with Crippen molar-refractivity contribution in [2.45, 2.75) is 39.4 Å². The van der Waals surface area contributed by atoms with Gasteiger partial charge in [0.2, 0.25) is 5.89 Å². The second kappa shape index (κ2) is 11.7. The van der Waals surface area contributed by atoms with Crippen LogP contribution in [0.25, 0.3) is 11.5 Å². The number of carbonyl (C=O) groups is 2. The first-order chi connectivity index (χ1) is 17.1. The van der Waals surface area contributed by atoms with E-state index < -0.39 is 12.1 Å². The topological polar surface area (TPSA) is 106 Å². The van der Waals surface area contributed by atoms with Crippen LogP contribution in [-0.2, 0) is 15.7 Å². The molecule has 11 heteroatoms. The van der Waals surface area contributed by atoms with Gasteiger partial charge in [0, 0.05) is 23.4 Å². The van der Waals surface area contributed by atoms with Gasteiger partial charge in [-0.3, -0.25) is 9.59 Å². The molecule has 36 heavy (non-hydrogen) atoms. The second-order valence-electron chi connectivity index (χ2n) is 8.29. The summed E-state index contributed by atoms with van der Waals surface area (Å²) in [5.41, 5.74) is 2.52. The van der Waals surface area contributed by atoms with E-state index in [0.717, 1.165) is 11.3 Å². The number of anilines is 1. The van der Waals surface area contributed by atoms with Gasteiger partial charge in [-0.2, -0.15) is 13.2 Å². The molecule has 0 saturated heterocycles. The van der Waals surface area contributed by atoms with Crippen LogP contribution in [0.4, 0.5) is 18.9 Å². The van der Waals surface area contributed by atoms with Crippen molar-refractivity contribution < 1.29 is 31.9 Å². The molecule has 1 atom stereocenters. The van der Waals surface area contributed by atoms with E-state index in [0.29, 0.717) is 17.7 Å². The molecular formula is C25H27F3N4O4. The Kier molecular flexibility index (Phi) is 8.68. The lowest BCUT2D eigenvalue weighted by atomic mass is 9.94. The van der Waals surface area contributed by atoms with E-state index in [4.69, 9.17) is 9.15 Å². The molecule has 8 nitrogen and oxygen atoms in total. The van der Waals surface area contributed by atoms with Crippen LogP contribution in [0.3, 0.4) is 0 Å². The van der Waals surface area contributed by atoms with Gasteiger partial charge in [0.05, 0.1) is 19.1 Å². The third-order valence-corrected chi connectivity index (χ3v) is 5.24. The quantitative estimate of drug-likeness (QED) is 0.363. The van der Waals surface area contributed by atoms with E-state index in [-0.39, 0.29) is 42.7 Å². The fourth-order valence-electron chi connectivity index (χ4n) is 3.43. The zero-order valence-corrected chi connectivity index (χ0v) is 20.1. The molecule has 2 aromatic carbocycles. The number of carbonyl (C=O) groups excluding carboxylic acids is 2.